The van der Waals surface area contributed by atoms with E-state index >= 15 is 0 Å². The summed E-state index contributed by atoms with van der Waals surface area (Å²) in [4.78, 5) is 16.3. The minimum Gasteiger partial charge on any atom is -0.315 e. The molecule has 0 saturated carbocycles. The van der Waals surface area contributed by atoms with Gasteiger partial charge in [-0.25, -0.2) is 9.31 Å². The number of aromatic nitrogens is 4. The highest BCUT2D eigenvalue weighted by atomic mass is 16.7. The molecule has 1 atom stereocenters. The number of oxime groups is 1. The molecule has 1 aliphatic rings. The topological polar surface area (TPSA) is 130 Å². The standard InChI is InChI=1S/C15H10N8O2/c1-2-10-13(15(24)25-22-10)20-18-9-3-4-11-12(5-9)23-14(21-19-11)8(6-16)7-17-23/h3-5,7,13H,2H2,1H3. The van der Waals surface area contributed by atoms with E-state index in [1.54, 1.807) is 18.2 Å². The van der Waals surface area contributed by atoms with Gasteiger partial charge in [0.15, 0.2) is 5.65 Å². The third-order valence-corrected chi connectivity index (χ3v) is 3.75. The highest BCUT2D eigenvalue weighted by Gasteiger charge is 2.31. The van der Waals surface area contributed by atoms with Crippen molar-refractivity contribution >= 4 is 34.0 Å². The maximum atomic E-state index is 11.6. The Bertz CT molecular complexity index is 1110. The van der Waals surface area contributed by atoms with Gasteiger partial charge in [0.1, 0.15) is 17.1 Å². The van der Waals surface area contributed by atoms with Gasteiger partial charge in [-0.1, -0.05) is 12.1 Å². The first-order chi connectivity index (χ1) is 12.2. The zero-order valence-electron chi connectivity index (χ0n) is 13.0. The zero-order valence-corrected chi connectivity index (χ0v) is 13.0. The molecule has 0 bridgehead atoms. The fraction of sp³-hybridized carbons (Fsp3) is 0.200. The normalized spacial score (nSPS) is 17.2. The van der Waals surface area contributed by atoms with Gasteiger partial charge < -0.3 is 4.84 Å². The third kappa shape index (κ3) is 2.38. The van der Waals surface area contributed by atoms with Crippen LogP contribution in [0.3, 0.4) is 0 Å². The largest absolute Gasteiger partial charge is 0.367 e. The molecule has 0 spiro atoms. The number of benzene rings is 1. The number of nitrogens with zero attached hydrogens (tertiary/aromatic N) is 8. The second-order valence-electron chi connectivity index (χ2n) is 5.24. The van der Waals surface area contributed by atoms with E-state index in [9.17, 15) is 4.79 Å². The molecule has 10 nitrogen and oxygen atoms in total. The summed E-state index contributed by atoms with van der Waals surface area (Å²) in [5.74, 6) is -0.541. The van der Waals surface area contributed by atoms with Crippen molar-refractivity contribution in [3.8, 4) is 6.07 Å². The number of nitriles is 1. The van der Waals surface area contributed by atoms with Crippen LogP contribution in [-0.4, -0.2) is 37.5 Å². The Kier molecular flexibility index (Phi) is 3.39. The molecule has 0 fully saturated rings. The van der Waals surface area contributed by atoms with Gasteiger partial charge in [0.05, 0.1) is 23.1 Å². The molecule has 1 unspecified atom stereocenters. The first kappa shape index (κ1) is 14.8. The van der Waals surface area contributed by atoms with E-state index < -0.39 is 12.0 Å². The Morgan fingerprint density at radius 2 is 2.28 bits per heavy atom. The predicted molar refractivity (Wildman–Crippen MR) is 85.1 cm³/mol. The Balaban J connectivity index is 1.76. The number of rotatable bonds is 3. The number of fused-ring (bicyclic) bond motifs is 3. The fourth-order valence-corrected chi connectivity index (χ4v) is 2.46. The minimum atomic E-state index is -0.814. The highest BCUT2D eigenvalue weighted by molar-refractivity contribution is 6.08. The van der Waals surface area contributed by atoms with Crippen LogP contribution < -0.4 is 0 Å². The number of azo groups is 1. The van der Waals surface area contributed by atoms with Gasteiger partial charge in [0, 0.05) is 0 Å². The summed E-state index contributed by atoms with van der Waals surface area (Å²) in [5.41, 5.74) is 2.96. The summed E-state index contributed by atoms with van der Waals surface area (Å²) in [6, 6.07) is 6.32. The molecule has 0 amide bonds. The lowest BCUT2D eigenvalue weighted by atomic mass is 10.1. The molecule has 122 valence electrons. The second kappa shape index (κ2) is 5.72. The highest BCUT2D eigenvalue weighted by Crippen LogP contribution is 2.22. The predicted octanol–water partition coefficient (Wildman–Crippen LogP) is 1.92. The summed E-state index contributed by atoms with van der Waals surface area (Å²) in [7, 11) is 0. The average Bonchev–Trinajstić information content (AvgIpc) is 3.22. The van der Waals surface area contributed by atoms with Crippen molar-refractivity contribution in [2.45, 2.75) is 19.4 Å². The van der Waals surface area contributed by atoms with Gasteiger partial charge in [0.2, 0.25) is 6.04 Å². The second-order valence-corrected chi connectivity index (χ2v) is 5.24. The van der Waals surface area contributed by atoms with E-state index in [1.165, 1.54) is 10.7 Å². The van der Waals surface area contributed by atoms with Crippen molar-refractivity contribution in [3.05, 3.63) is 30.0 Å². The van der Waals surface area contributed by atoms with Gasteiger partial charge in [0.25, 0.3) is 0 Å². The van der Waals surface area contributed by atoms with E-state index in [0.717, 1.165) is 0 Å². The van der Waals surface area contributed by atoms with E-state index in [4.69, 9.17) is 5.26 Å². The molecule has 1 aliphatic heterocycles. The number of hydrogen-bond acceptors (Lipinski definition) is 9. The van der Waals surface area contributed by atoms with Gasteiger partial charge in [-0.05, 0) is 24.6 Å². The van der Waals surface area contributed by atoms with Crippen LogP contribution in [0.2, 0.25) is 0 Å². The molecule has 3 aromatic rings. The van der Waals surface area contributed by atoms with E-state index in [2.05, 4.69) is 35.5 Å². The lowest BCUT2D eigenvalue weighted by molar-refractivity contribution is -0.141. The van der Waals surface area contributed by atoms with Gasteiger partial charge in [-0.15, -0.1) is 10.2 Å². The third-order valence-electron chi connectivity index (χ3n) is 3.75. The quantitative estimate of drug-likeness (QED) is 0.531. The minimum absolute atomic E-state index is 0.332. The van der Waals surface area contributed by atoms with Crippen LogP contribution in [-0.2, 0) is 9.63 Å². The van der Waals surface area contributed by atoms with Crippen LogP contribution in [0, 0.1) is 11.3 Å². The molecule has 0 saturated heterocycles. The molecule has 2 aromatic heterocycles. The van der Waals surface area contributed by atoms with Gasteiger partial charge in [-0.2, -0.15) is 20.6 Å². The number of carbonyl (C=O) groups excluding carboxylic acids is 1. The number of hydrogen-bond donors (Lipinski definition) is 0. The summed E-state index contributed by atoms with van der Waals surface area (Å²) in [6.45, 7) is 1.86. The molecule has 0 N–H and O–H groups in total. The smallest absolute Gasteiger partial charge is 0.315 e. The Labute approximate surface area is 140 Å². The average molecular weight is 334 g/mol. The lowest BCUT2D eigenvalue weighted by Gasteiger charge is -2.02. The summed E-state index contributed by atoms with van der Waals surface area (Å²) >= 11 is 0. The van der Waals surface area contributed by atoms with E-state index in [1.807, 2.05) is 13.0 Å². The first-order valence-corrected chi connectivity index (χ1v) is 7.44. The molecule has 0 radical (unpaired) electrons. The Morgan fingerprint density at radius 1 is 1.40 bits per heavy atom. The lowest BCUT2D eigenvalue weighted by Crippen LogP contribution is -2.21. The molecule has 10 heteroatoms. The van der Waals surface area contributed by atoms with E-state index in [-0.39, 0.29) is 0 Å². The van der Waals surface area contributed by atoms with Crippen LogP contribution in [0.1, 0.15) is 18.9 Å². The van der Waals surface area contributed by atoms with Crippen molar-refractivity contribution in [2.75, 3.05) is 0 Å². The van der Waals surface area contributed by atoms with Crippen LogP contribution in [0.4, 0.5) is 5.69 Å². The molecule has 4 rings (SSSR count). The fourth-order valence-electron chi connectivity index (χ4n) is 2.46. The van der Waals surface area contributed by atoms with Gasteiger partial charge >= 0.3 is 5.97 Å². The van der Waals surface area contributed by atoms with Crippen molar-refractivity contribution in [1.29, 1.82) is 5.26 Å². The Morgan fingerprint density at radius 3 is 3.08 bits per heavy atom. The van der Waals surface area contributed by atoms with E-state index in [0.29, 0.717) is 40.1 Å². The molecule has 0 aliphatic carbocycles. The molecule has 3 heterocycles. The maximum Gasteiger partial charge on any atom is 0.367 e. The van der Waals surface area contributed by atoms with Crippen LogP contribution in [0.15, 0.2) is 39.8 Å². The summed E-state index contributed by atoms with van der Waals surface area (Å²) in [6.07, 6.45) is 1.98. The molecular weight excluding hydrogens is 324 g/mol. The Hall–Kier alpha value is -3.74. The SMILES string of the molecule is CCC1=NOC(=O)C1N=Nc1ccc2nnc3c(C#N)cnn3c2c1. The van der Waals surface area contributed by atoms with Crippen LogP contribution in [0.25, 0.3) is 16.7 Å². The monoisotopic (exact) mass is 334 g/mol. The van der Waals surface area contributed by atoms with Crippen LogP contribution in [0.5, 0.6) is 0 Å². The molecular formula is C15H10N8O2. The van der Waals surface area contributed by atoms with Crippen molar-refractivity contribution in [2.24, 2.45) is 15.4 Å². The van der Waals surface area contributed by atoms with Gasteiger partial charge in [-0.3, -0.25) is 0 Å². The molecule has 1 aromatic carbocycles. The summed E-state index contributed by atoms with van der Waals surface area (Å²) in [5, 5.41) is 33.1. The number of carbonyl (C=O) groups is 1. The summed E-state index contributed by atoms with van der Waals surface area (Å²) < 4.78 is 1.52. The zero-order chi connectivity index (χ0) is 17.4. The van der Waals surface area contributed by atoms with Crippen molar-refractivity contribution in [1.82, 2.24) is 19.8 Å². The van der Waals surface area contributed by atoms with Crippen molar-refractivity contribution in [3.63, 3.8) is 0 Å². The molecule has 25 heavy (non-hydrogen) atoms. The first-order valence-electron chi connectivity index (χ1n) is 7.44. The maximum absolute atomic E-state index is 11.6. The van der Waals surface area contributed by atoms with Crippen molar-refractivity contribution < 1.29 is 9.63 Å². The van der Waals surface area contributed by atoms with Crippen LogP contribution >= 0.6 is 0 Å².